The fraction of sp³-hybridized carbons (Fsp3) is 0.429. The molecule has 5 nitrogen and oxygen atoms in total. The second-order valence-electron chi connectivity index (χ2n) is 4.24. The molecule has 0 aliphatic carbocycles. The van der Waals surface area contributed by atoms with Gasteiger partial charge in [-0.3, -0.25) is 4.72 Å². The van der Waals surface area contributed by atoms with Crippen LogP contribution in [0.3, 0.4) is 0 Å². The van der Waals surface area contributed by atoms with Gasteiger partial charge in [0.2, 0.25) is 10.0 Å². The maximum Gasteiger partial charge on any atom is 0.235 e. The summed E-state index contributed by atoms with van der Waals surface area (Å²) in [6.07, 6.45) is 0.351. The highest BCUT2D eigenvalue weighted by molar-refractivity contribution is 7.92. The Kier molecular flexibility index (Phi) is 6.52. The van der Waals surface area contributed by atoms with Gasteiger partial charge in [-0.15, -0.1) is 0 Å². The van der Waals surface area contributed by atoms with Crippen molar-refractivity contribution in [1.82, 2.24) is 0 Å². The van der Waals surface area contributed by atoms with Crippen LogP contribution >= 0.6 is 0 Å². The van der Waals surface area contributed by atoms with Gasteiger partial charge in [-0.05, 0) is 24.6 Å². The summed E-state index contributed by atoms with van der Waals surface area (Å²) in [4.78, 5) is 0. The average Bonchev–Trinajstić information content (AvgIpc) is 2.40. The standard InChI is InChI=1S/C14H19NO4S/c1-12-6-7-14(13(11-12)5-3-4-8-16)15-20(17,18)10-9-19-2/h6-7,11,15-16H,4,8-10H2,1-2H3. The van der Waals surface area contributed by atoms with Gasteiger partial charge in [0.25, 0.3) is 0 Å². The lowest BCUT2D eigenvalue weighted by Crippen LogP contribution is -2.20. The van der Waals surface area contributed by atoms with Crippen LogP contribution in [0.2, 0.25) is 0 Å². The van der Waals surface area contributed by atoms with Crippen molar-refractivity contribution in [1.29, 1.82) is 0 Å². The zero-order chi connectivity index (χ0) is 15.0. The minimum atomic E-state index is -3.45. The topological polar surface area (TPSA) is 75.6 Å². The lowest BCUT2D eigenvalue weighted by molar-refractivity contribution is 0.217. The first-order chi connectivity index (χ1) is 9.48. The van der Waals surface area contributed by atoms with E-state index < -0.39 is 10.0 Å². The summed E-state index contributed by atoms with van der Waals surface area (Å²) in [5.41, 5.74) is 2.02. The molecule has 0 heterocycles. The zero-order valence-corrected chi connectivity index (χ0v) is 12.5. The van der Waals surface area contributed by atoms with Gasteiger partial charge < -0.3 is 9.84 Å². The van der Waals surface area contributed by atoms with E-state index >= 15 is 0 Å². The van der Waals surface area contributed by atoms with Crippen LogP contribution in [0, 0.1) is 18.8 Å². The van der Waals surface area contributed by atoms with Gasteiger partial charge in [0.1, 0.15) is 0 Å². The van der Waals surface area contributed by atoms with Gasteiger partial charge in [-0.2, -0.15) is 0 Å². The molecular weight excluding hydrogens is 278 g/mol. The highest BCUT2D eigenvalue weighted by atomic mass is 32.2. The van der Waals surface area contributed by atoms with E-state index in [-0.39, 0.29) is 19.0 Å². The van der Waals surface area contributed by atoms with E-state index in [0.717, 1.165) is 5.56 Å². The van der Waals surface area contributed by atoms with E-state index in [4.69, 9.17) is 9.84 Å². The molecule has 0 bridgehead atoms. The smallest absolute Gasteiger partial charge is 0.235 e. The third kappa shape index (κ3) is 5.61. The summed E-state index contributed by atoms with van der Waals surface area (Å²) in [7, 11) is -2.00. The summed E-state index contributed by atoms with van der Waals surface area (Å²) in [6.45, 7) is 2.01. The minimum absolute atomic E-state index is 0.0201. The molecule has 1 aromatic carbocycles. The zero-order valence-electron chi connectivity index (χ0n) is 11.6. The second kappa shape index (κ2) is 7.90. The number of hydrogen-bond donors (Lipinski definition) is 2. The third-order valence-electron chi connectivity index (χ3n) is 2.46. The molecule has 20 heavy (non-hydrogen) atoms. The van der Waals surface area contributed by atoms with E-state index in [0.29, 0.717) is 17.7 Å². The number of sulfonamides is 1. The predicted octanol–water partition coefficient (Wildman–Crippen LogP) is 1.12. The number of methoxy groups -OCH3 is 1. The molecule has 1 aromatic rings. The monoisotopic (exact) mass is 297 g/mol. The number of hydrogen-bond acceptors (Lipinski definition) is 4. The normalized spacial score (nSPS) is 10.8. The van der Waals surface area contributed by atoms with Crippen molar-refractivity contribution in [3.05, 3.63) is 29.3 Å². The Morgan fingerprint density at radius 3 is 2.80 bits per heavy atom. The SMILES string of the molecule is COCCS(=O)(=O)Nc1ccc(C)cc1C#CCCO. The van der Waals surface area contributed by atoms with Crippen LogP contribution in [-0.4, -0.2) is 39.6 Å². The number of aliphatic hydroxyl groups excluding tert-OH is 1. The van der Waals surface area contributed by atoms with Gasteiger partial charge >= 0.3 is 0 Å². The van der Waals surface area contributed by atoms with Gasteiger partial charge in [-0.1, -0.05) is 17.9 Å². The Morgan fingerprint density at radius 1 is 1.40 bits per heavy atom. The van der Waals surface area contributed by atoms with Crippen LogP contribution in [0.25, 0.3) is 0 Å². The average molecular weight is 297 g/mol. The van der Waals surface area contributed by atoms with Crippen molar-refractivity contribution in [2.75, 3.05) is 30.8 Å². The molecule has 0 spiro atoms. The van der Waals surface area contributed by atoms with Crippen LogP contribution < -0.4 is 4.72 Å². The molecule has 0 amide bonds. The maximum absolute atomic E-state index is 11.8. The number of benzene rings is 1. The molecule has 2 N–H and O–H groups in total. The van der Waals surface area contributed by atoms with E-state index in [1.165, 1.54) is 7.11 Å². The first kappa shape index (κ1) is 16.5. The molecule has 110 valence electrons. The van der Waals surface area contributed by atoms with Gasteiger partial charge in [-0.25, -0.2) is 8.42 Å². The predicted molar refractivity (Wildman–Crippen MR) is 79.0 cm³/mol. The Hall–Kier alpha value is -1.55. The summed E-state index contributed by atoms with van der Waals surface area (Å²) in [5.74, 6) is 5.54. The fourth-order valence-corrected chi connectivity index (χ4v) is 2.48. The molecule has 0 atom stereocenters. The van der Waals surface area contributed by atoms with Crippen LogP contribution in [0.15, 0.2) is 18.2 Å². The first-order valence-corrected chi connectivity index (χ1v) is 7.83. The van der Waals surface area contributed by atoms with E-state index in [9.17, 15) is 8.42 Å². The molecule has 0 aliphatic rings. The molecule has 1 rings (SSSR count). The number of anilines is 1. The Morgan fingerprint density at radius 2 is 2.15 bits per heavy atom. The summed E-state index contributed by atoms with van der Waals surface area (Å²) >= 11 is 0. The van der Waals surface area contributed by atoms with Gasteiger partial charge in [0.05, 0.1) is 24.7 Å². The van der Waals surface area contributed by atoms with Crippen molar-refractivity contribution < 1.29 is 18.3 Å². The van der Waals surface area contributed by atoms with Crippen molar-refractivity contribution in [3.63, 3.8) is 0 Å². The third-order valence-corrected chi connectivity index (χ3v) is 3.69. The fourth-order valence-electron chi connectivity index (χ4n) is 1.48. The molecule has 6 heteroatoms. The lowest BCUT2D eigenvalue weighted by Gasteiger charge is -2.10. The van der Waals surface area contributed by atoms with Crippen molar-refractivity contribution in [3.8, 4) is 11.8 Å². The highest BCUT2D eigenvalue weighted by Crippen LogP contribution is 2.18. The largest absolute Gasteiger partial charge is 0.395 e. The van der Waals surface area contributed by atoms with E-state index in [2.05, 4.69) is 16.6 Å². The molecule has 0 aromatic heterocycles. The van der Waals surface area contributed by atoms with Crippen LogP contribution in [0.5, 0.6) is 0 Å². The Labute approximate surface area is 120 Å². The molecule has 0 radical (unpaired) electrons. The van der Waals surface area contributed by atoms with Crippen molar-refractivity contribution >= 4 is 15.7 Å². The second-order valence-corrected chi connectivity index (χ2v) is 6.08. The Bertz CT molecular complexity index is 599. The van der Waals surface area contributed by atoms with Crippen molar-refractivity contribution in [2.45, 2.75) is 13.3 Å². The summed E-state index contributed by atoms with van der Waals surface area (Å²) < 4.78 is 31.0. The van der Waals surface area contributed by atoms with Crippen LogP contribution in [-0.2, 0) is 14.8 Å². The first-order valence-electron chi connectivity index (χ1n) is 6.18. The van der Waals surface area contributed by atoms with Gasteiger partial charge in [0.15, 0.2) is 0 Å². The van der Waals surface area contributed by atoms with E-state index in [1.807, 2.05) is 13.0 Å². The quantitative estimate of drug-likeness (QED) is 0.772. The summed E-state index contributed by atoms with van der Waals surface area (Å²) in [5, 5.41) is 8.72. The maximum atomic E-state index is 11.8. The van der Waals surface area contributed by atoms with Gasteiger partial charge in [0, 0.05) is 19.1 Å². The lowest BCUT2D eigenvalue weighted by atomic mass is 10.1. The number of rotatable bonds is 6. The molecule has 0 saturated carbocycles. The van der Waals surface area contributed by atoms with Crippen LogP contribution in [0.4, 0.5) is 5.69 Å². The molecule has 0 unspecified atom stereocenters. The number of aliphatic hydroxyl groups is 1. The number of ether oxygens (including phenoxy) is 1. The van der Waals surface area contributed by atoms with Crippen molar-refractivity contribution in [2.24, 2.45) is 0 Å². The summed E-state index contributed by atoms with van der Waals surface area (Å²) in [6, 6.07) is 5.30. The molecule has 0 aliphatic heterocycles. The Balaban J connectivity index is 2.98. The molecular formula is C14H19NO4S. The molecule has 0 saturated heterocycles. The highest BCUT2D eigenvalue weighted by Gasteiger charge is 2.12. The minimum Gasteiger partial charge on any atom is -0.395 e. The number of nitrogens with one attached hydrogen (secondary N) is 1. The molecule has 0 fully saturated rings. The number of aryl methyl sites for hydroxylation is 1. The van der Waals surface area contributed by atoms with E-state index in [1.54, 1.807) is 12.1 Å². The van der Waals surface area contributed by atoms with Crippen LogP contribution in [0.1, 0.15) is 17.5 Å².